The Balaban J connectivity index is 1.86. The molecule has 1 atom stereocenters. The molecule has 23 heavy (non-hydrogen) atoms. The molecule has 1 aliphatic heterocycles. The molecule has 1 fully saturated rings. The first-order valence-corrected chi connectivity index (χ1v) is 7.15. The number of urea groups is 1. The number of nitrogens with one attached hydrogen (secondary N) is 1. The molecule has 120 valence electrons. The fraction of sp³-hybridized carbons (Fsp3) is 0.312. The van der Waals surface area contributed by atoms with Gasteiger partial charge in [-0.25, -0.2) is 4.79 Å². The number of imide groups is 1. The van der Waals surface area contributed by atoms with Crippen molar-refractivity contribution in [2.45, 2.75) is 25.9 Å². The van der Waals surface area contributed by atoms with E-state index in [-0.39, 0.29) is 12.5 Å². The molecule has 0 spiro atoms. The topological polar surface area (TPSA) is 84.7 Å². The Morgan fingerprint density at radius 3 is 2.57 bits per heavy atom. The number of aryl methyl sites for hydroxylation is 1. The molecule has 1 saturated heterocycles. The molecule has 1 N–H and O–H groups in total. The summed E-state index contributed by atoms with van der Waals surface area (Å²) in [5, 5.41) is 6.58. The van der Waals surface area contributed by atoms with Gasteiger partial charge < -0.3 is 14.6 Å². The number of carbonyl (C=O) groups is 2. The Kier molecular flexibility index (Phi) is 3.55. The van der Waals surface area contributed by atoms with Crippen LogP contribution in [-0.2, 0) is 16.9 Å². The Morgan fingerprint density at radius 2 is 2.00 bits per heavy atom. The lowest BCUT2D eigenvalue weighted by molar-refractivity contribution is -0.131. The number of nitrogens with zero attached hydrogens (tertiary/aromatic N) is 2. The van der Waals surface area contributed by atoms with E-state index in [1.165, 1.54) is 0 Å². The van der Waals surface area contributed by atoms with E-state index >= 15 is 0 Å². The molecule has 2 heterocycles. The lowest BCUT2D eigenvalue weighted by atomic mass is 9.92. The Bertz CT molecular complexity index is 753. The molecule has 3 amide bonds. The number of methoxy groups -OCH3 is 1. The van der Waals surface area contributed by atoms with Crippen molar-refractivity contribution in [3.8, 4) is 5.75 Å². The molecule has 0 bridgehead atoms. The molecule has 0 aliphatic carbocycles. The lowest BCUT2D eigenvalue weighted by Crippen LogP contribution is -2.40. The third kappa shape index (κ3) is 2.54. The first-order chi connectivity index (χ1) is 10.9. The summed E-state index contributed by atoms with van der Waals surface area (Å²) in [5.74, 6) is 0.988. The van der Waals surface area contributed by atoms with Crippen LogP contribution in [0.2, 0.25) is 0 Å². The van der Waals surface area contributed by atoms with Crippen molar-refractivity contribution in [1.82, 2.24) is 15.4 Å². The van der Waals surface area contributed by atoms with Gasteiger partial charge in [-0.1, -0.05) is 17.3 Å². The maximum absolute atomic E-state index is 12.8. The molecule has 7 nitrogen and oxygen atoms in total. The van der Waals surface area contributed by atoms with Gasteiger partial charge in [-0.05, 0) is 31.5 Å². The van der Waals surface area contributed by atoms with Crippen LogP contribution in [0.4, 0.5) is 4.79 Å². The second-order valence-corrected chi connectivity index (χ2v) is 5.60. The average Bonchev–Trinajstić information content (AvgIpc) is 3.05. The minimum absolute atomic E-state index is 0.0771. The molecular weight excluding hydrogens is 298 g/mol. The molecular formula is C16H17N3O4. The fourth-order valence-corrected chi connectivity index (χ4v) is 2.62. The van der Waals surface area contributed by atoms with Crippen LogP contribution in [0.5, 0.6) is 5.75 Å². The van der Waals surface area contributed by atoms with Crippen LogP contribution in [-0.4, -0.2) is 29.1 Å². The smallest absolute Gasteiger partial charge is 0.325 e. The van der Waals surface area contributed by atoms with Crippen LogP contribution < -0.4 is 10.1 Å². The van der Waals surface area contributed by atoms with Crippen molar-refractivity contribution < 1.29 is 18.8 Å². The first kappa shape index (κ1) is 15.1. The van der Waals surface area contributed by atoms with E-state index in [9.17, 15) is 9.59 Å². The van der Waals surface area contributed by atoms with Gasteiger partial charge in [0.1, 0.15) is 22.7 Å². The van der Waals surface area contributed by atoms with E-state index in [0.29, 0.717) is 22.8 Å². The van der Waals surface area contributed by atoms with Gasteiger partial charge in [-0.2, -0.15) is 0 Å². The van der Waals surface area contributed by atoms with Gasteiger partial charge in [-0.3, -0.25) is 9.69 Å². The number of benzene rings is 1. The van der Waals surface area contributed by atoms with Crippen LogP contribution in [0.1, 0.15) is 23.9 Å². The summed E-state index contributed by atoms with van der Waals surface area (Å²) in [5.41, 5.74) is 0.114. The predicted molar refractivity (Wildman–Crippen MR) is 80.7 cm³/mol. The van der Waals surface area contributed by atoms with Crippen molar-refractivity contribution >= 4 is 11.9 Å². The standard InChI is InChI=1S/C16H17N3O4/c1-10-8-12(18-23-10)9-19-14(20)16(2,17-15(19)21)11-4-6-13(22-3)7-5-11/h4-8H,9H2,1-3H3,(H,17,21). The second kappa shape index (κ2) is 5.42. The molecule has 1 aliphatic rings. The summed E-state index contributed by atoms with van der Waals surface area (Å²) < 4.78 is 10.1. The Labute approximate surface area is 133 Å². The number of aromatic nitrogens is 1. The largest absolute Gasteiger partial charge is 0.497 e. The molecule has 2 aromatic rings. The third-order valence-corrected chi connectivity index (χ3v) is 3.94. The Hall–Kier alpha value is -2.83. The summed E-state index contributed by atoms with van der Waals surface area (Å²) in [4.78, 5) is 26.1. The molecule has 1 unspecified atom stereocenters. The van der Waals surface area contributed by atoms with Gasteiger partial charge >= 0.3 is 6.03 Å². The van der Waals surface area contributed by atoms with Crippen molar-refractivity contribution in [2.24, 2.45) is 0 Å². The molecule has 3 rings (SSSR count). The predicted octanol–water partition coefficient (Wildman–Crippen LogP) is 1.96. The van der Waals surface area contributed by atoms with Crippen LogP contribution in [0.25, 0.3) is 0 Å². The SMILES string of the molecule is COc1ccc(C2(C)NC(=O)N(Cc3cc(C)on3)C2=O)cc1. The van der Waals surface area contributed by atoms with Gasteiger partial charge in [-0.15, -0.1) is 0 Å². The summed E-state index contributed by atoms with van der Waals surface area (Å²) in [6, 6.07) is 8.28. The van der Waals surface area contributed by atoms with E-state index in [0.717, 1.165) is 4.90 Å². The lowest BCUT2D eigenvalue weighted by Gasteiger charge is -2.22. The van der Waals surface area contributed by atoms with Crippen LogP contribution in [0, 0.1) is 6.92 Å². The van der Waals surface area contributed by atoms with Crippen LogP contribution >= 0.6 is 0 Å². The van der Waals surface area contributed by atoms with E-state index in [1.54, 1.807) is 51.3 Å². The summed E-state index contributed by atoms with van der Waals surface area (Å²) in [6.07, 6.45) is 0. The van der Waals surface area contributed by atoms with Gasteiger partial charge in [0, 0.05) is 6.07 Å². The van der Waals surface area contributed by atoms with Crippen molar-refractivity contribution in [3.05, 3.63) is 47.3 Å². The zero-order valence-electron chi connectivity index (χ0n) is 13.1. The molecule has 1 aromatic heterocycles. The highest BCUT2D eigenvalue weighted by atomic mass is 16.5. The number of carbonyl (C=O) groups excluding carboxylic acids is 2. The third-order valence-electron chi connectivity index (χ3n) is 3.94. The minimum Gasteiger partial charge on any atom is -0.497 e. The van der Waals surface area contributed by atoms with Gasteiger partial charge in [0.25, 0.3) is 5.91 Å². The molecule has 1 aromatic carbocycles. The van der Waals surface area contributed by atoms with Crippen LogP contribution in [0.3, 0.4) is 0 Å². The average molecular weight is 315 g/mol. The monoisotopic (exact) mass is 315 g/mol. The zero-order valence-corrected chi connectivity index (χ0v) is 13.1. The van der Waals surface area contributed by atoms with Crippen molar-refractivity contribution in [3.63, 3.8) is 0 Å². The number of amides is 3. The summed E-state index contributed by atoms with van der Waals surface area (Å²) in [6.45, 7) is 3.51. The second-order valence-electron chi connectivity index (χ2n) is 5.60. The quantitative estimate of drug-likeness (QED) is 0.872. The van der Waals surface area contributed by atoms with E-state index in [4.69, 9.17) is 9.26 Å². The highest BCUT2D eigenvalue weighted by Gasteiger charge is 2.49. The van der Waals surface area contributed by atoms with Crippen LogP contribution in [0.15, 0.2) is 34.9 Å². The Morgan fingerprint density at radius 1 is 1.30 bits per heavy atom. The highest BCUT2D eigenvalue weighted by molar-refractivity contribution is 6.07. The van der Waals surface area contributed by atoms with Crippen molar-refractivity contribution in [1.29, 1.82) is 0 Å². The van der Waals surface area contributed by atoms with Gasteiger partial charge in [0.2, 0.25) is 0 Å². The van der Waals surface area contributed by atoms with Gasteiger partial charge in [0.15, 0.2) is 0 Å². The summed E-state index contributed by atoms with van der Waals surface area (Å²) >= 11 is 0. The van der Waals surface area contributed by atoms with Crippen molar-refractivity contribution in [2.75, 3.05) is 7.11 Å². The number of hydrogen-bond acceptors (Lipinski definition) is 5. The molecule has 0 radical (unpaired) electrons. The highest BCUT2D eigenvalue weighted by Crippen LogP contribution is 2.30. The number of rotatable bonds is 4. The van der Waals surface area contributed by atoms with E-state index < -0.39 is 11.6 Å². The fourth-order valence-electron chi connectivity index (χ4n) is 2.62. The van der Waals surface area contributed by atoms with Gasteiger partial charge in [0.05, 0.1) is 13.7 Å². The first-order valence-electron chi connectivity index (χ1n) is 7.15. The number of ether oxygens (including phenoxy) is 1. The molecule has 7 heteroatoms. The zero-order chi connectivity index (χ0) is 16.6. The molecule has 0 saturated carbocycles. The van der Waals surface area contributed by atoms with E-state index in [1.807, 2.05) is 0 Å². The normalized spacial score (nSPS) is 20.7. The number of hydrogen-bond donors (Lipinski definition) is 1. The van der Waals surface area contributed by atoms with E-state index in [2.05, 4.69) is 10.5 Å². The minimum atomic E-state index is -1.11. The maximum Gasteiger partial charge on any atom is 0.325 e. The maximum atomic E-state index is 12.8. The summed E-state index contributed by atoms with van der Waals surface area (Å²) in [7, 11) is 1.57.